The lowest BCUT2D eigenvalue weighted by Crippen LogP contribution is -2.33. The Morgan fingerprint density at radius 2 is 1.88 bits per heavy atom. The Bertz CT molecular complexity index is 353. The van der Waals surface area contributed by atoms with Crippen molar-refractivity contribution in [2.75, 3.05) is 13.1 Å². The minimum Gasteiger partial charge on any atom is -0.459 e. The fourth-order valence-corrected chi connectivity index (χ4v) is 1.82. The van der Waals surface area contributed by atoms with Crippen LogP contribution in [0.2, 0.25) is 0 Å². The van der Waals surface area contributed by atoms with E-state index in [2.05, 4.69) is 5.32 Å². The van der Waals surface area contributed by atoms with E-state index in [-0.39, 0.29) is 12.1 Å². The Morgan fingerprint density at radius 3 is 2.50 bits per heavy atom. The number of carbonyl (C=O) groups excluding carboxylic acids is 1. The number of benzene rings is 1. The molecule has 3 heteroatoms. The van der Waals surface area contributed by atoms with E-state index in [9.17, 15) is 4.79 Å². The van der Waals surface area contributed by atoms with E-state index in [0.29, 0.717) is 5.56 Å². The molecule has 0 radical (unpaired) electrons. The van der Waals surface area contributed by atoms with E-state index in [1.165, 1.54) is 0 Å². The van der Waals surface area contributed by atoms with E-state index in [1.54, 1.807) is 0 Å². The summed E-state index contributed by atoms with van der Waals surface area (Å²) in [5, 5.41) is 3.24. The zero-order valence-electron chi connectivity index (χ0n) is 9.53. The quantitative estimate of drug-likeness (QED) is 0.772. The Balaban J connectivity index is 1.94. The number of aryl methyl sites for hydroxylation is 1. The molecule has 86 valence electrons. The molecule has 1 saturated heterocycles. The third-order valence-electron chi connectivity index (χ3n) is 2.85. The van der Waals surface area contributed by atoms with Crippen LogP contribution in [-0.4, -0.2) is 25.2 Å². The number of hydrogen-bond donors (Lipinski definition) is 1. The molecule has 0 spiro atoms. The molecule has 1 aromatic rings. The number of carbonyl (C=O) groups is 1. The Hall–Kier alpha value is -1.35. The van der Waals surface area contributed by atoms with Gasteiger partial charge in [0.25, 0.3) is 0 Å². The molecule has 1 N–H and O–H groups in total. The summed E-state index contributed by atoms with van der Waals surface area (Å²) in [7, 11) is 0. The second kappa shape index (κ2) is 5.12. The molecule has 0 unspecified atom stereocenters. The number of piperidine rings is 1. The van der Waals surface area contributed by atoms with Crippen LogP contribution in [0.3, 0.4) is 0 Å². The molecule has 0 aliphatic carbocycles. The molecule has 0 atom stereocenters. The third-order valence-corrected chi connectivity index (χ3v) is 2.85. The zero-order chi connectivity index (χ0) is 11.4. The highest BCUT2D eigenvalue weighted by Gasteiger charge is 2.18. The van der Waals surface area contributed by atoms with Gasteiger partial charge in [0, 0.05) is 0 Å². The first kappa shape index (κ1) is 11.1. The van der Waals surface area contributed by atoms with Gasteiger partial charge in [-0.05, 0) is 45.0 Å². The summed E-state index contributed by atoms with van der Waals surface area (Å²) in [6.45, 7) is 3.87. The number of hydrogen-bond acceptors (Lipinski definition) is 3. The summed E-state index contributed by atoms with van der Waals surface area (Å²) in [6, 6.07) is 7.50. The molecule has 3 nitrogen and oxygen atoms in total. The topological polar surface area (TPSA) is 38.3 Å². The predicted octanol–water partition coefficient (Wildman–Crippen LogP) is 1.90. The van der Waals surface area contributed by atoms with E-state index in [4.69, 9.17) is 4.74 Å². The van der Waals surface area contributed by atoms with Gasteiger partial charge in [0.15, 0.2) is 0 Å². The van der Waals surface area contributed by atoms with Gasteiger partial charge in [-0.25, -0.2) is 4.79 Å². The van der Waals surface area contributed by atoms with Crippen LogP contribution in [0.5, 0.6) is 0 Å². The van der Waals surface area contributed by atoms with E-state index >= 15 is 0 Å². The summed E-state index contributed by atoms with van der Waals surface area (Å²) in [6.07, 6.45) is 1.91. The molecule has 16 heavy (non-hydrogen) atoms. The molecule has 0 saturated carbocycles. The SMILES string of the molecule is Cc1ccc(C(=O)OC2CCNCC2)cc1. The van der Waals surface area contributed by atoms with Gasteiger partial charge in [-0.3, -0.25) is 0 Å². The highest BCUT2D eigenvalue weighted by molar-refractivity contribution is 5.89. The molecule has 1 fully saturated rings. The van der Waals surface area contributed by atoms with Crippen molar-refractivity contribution in [3.05, 3.63) is 35.4 Å². The molecule has 0 bridgehead atoms. The van der Waals surface area contributed by atoms with E-state index < -0.39 is 0 Å². The largest absolute Gasteiger partial charge is 0.459 e. The molecule has 0 aromatic heterocycles. The van der Waals surface area contributed by atoms with Crippen molar-refractivity contribution in [1.29, 1.82) is 0 Å². The van der Waals surface area contributed by atoms with Crippen molar-refractivity contribution in [2.45, 2.75) is 25.9 Å². The van der Waals surface area contributed by atoms with Gasteiger partial charge in [-0.1, -0.05) is 17.7 Å². The number of nitrogens with one attached hydrogen (secondary N) is 1. The minimum atomic E-state index is -0.202. The highest BCUT2D eigenvalue weighted by atomic mass is 16.5. The van der Waals surface area contributed by atoms with Crippen LogP contribution in [0.25, 0.3) is 0 Å². The van der Waals surface area contributed by atoms with Gasteiger partial charge in [-0.15, -0.1) is 0 Å². The second-order valence-electron chi connectivity index (χ2n) is 4.22. The number of rotatable bonds is 2. The van der Waals surface area contributed by atoms with Crippen molar-refractivity contribution in [2.24, 2.45) is 0 Å². The lowest BCUT2D eigenvalue weighted by molar-refractivity contribution is 0.0229. The summed E-state index contributed by atoms with van der Waals surface area (Å²) in [5.41, 5.74) is 1.79. The van der Waals surface area contributed by atoms with Crippen LogP contribution >= 0.6 is 0 Å². The fraction of sp³-hybridized carbons (Fsp3) is 0.462. The summed E-state index contributed by atoms with van der Waals surface area (Å²) >= 11 is 0. The van der Waals surface area contributed by atoms with Crippen LogP contribution in [0.15, 0.2) is 24.3 Å². The van der Waals surface area contributed by atoms with Crippen LogP contribution in [0.1, 0.15) is 28.8 Å². The molecule has 1 aliphatic rings. The first-order valence-electron chi connectivity index (χ1n) is 5.74. The van der Waals surface area contributed by atoms with Gasteiger partial charge < -0.3 is 10.1 Å². The van der Waals surface area contributed by atoms with Gasteiger partial charge in [0.2, 0.25) is 0 Å². The molecule has 0 amide bonds. The number of esters is 1. The van der Waals surface area contributed by atoms with Crippen molar-refractivity contribution in [3.63, 3.8) is 0 Å². The van der Waals surface area contributed by atoms with Crippen molar-refractivity contribution >= 4 is 5.97 Å². The maximum absolute atomic E-state index is 11.8. The molecule has 1 aliphatic heterocycles. The van der Waals surface area contributed by atoms with Gasteiger partial charge in [0.1, 0.15) is 6.10 Å². The van der Waals surface area contributed by atoms with Crippen LogP contribution in [-0.2, 0) is 4.74 Å². The predicted molar refractivity (Wildman–Crippen MR) is 62.5 cm³/mol. The number of ether oxygens (including phenoxy) is 1. The van der Waals surface area contributed by atoms with Gasteiger partial charge >= 0.3 is 5.97 Å². The van der Waals surface area contributed by atoms with Crippen molar-refractivity contribution in [1.82, 2.24) is 5.32 Å². The second-order valence-corrected chi connectivity index (χ2v) is 4.22. The molecule has 2 rings (SSSR count). The Morgan fingerprint density at radius 1 is 1.25 bits per heavy atom. The molecule has 1 aromatic carbocycles. The van der Waals surface area contributed by atoms with Gasteiger partial charge in [-0.2, -0.15) is 0 Å². The lowest BCUT2D eigenvalue weighted by atomic mass is 10.1. The van der Waals surface area contributed by atoms with Crippen molar-refractivity contribution < 1.29 is 9.53 Å². The Kier molecular flexibility index (Phi) is 3.57. The first-order valence-corrected chi connectivity index (χ1v) is 5.74. The molecular weight excluding hydrogens is 202 g/mol. The average Bonchev–Trinajstić information content (AvgIpc) is 2.31. The van der Waals surface area contributed by atoms with Crippen LogP contribution < -0.4 is 5.32 Å². The van der Waals surface area contributed by atoms with E-state index in [0.717, 1.165) is 31.5 Å². The maximum atomic E-state index is 11.8. The maximum Gasteiger partial charge on any atom is 0.338 e. The van der Waals surface area contributed by atoms with Crippen LogP contribution in [0.4, 0.5) is 0 Å². The normalized spacial score (nSPS) is 17.1. The Labute approximate surface area is 95.8 Å². The van der Waals surface area contributed by atoms with Crippen molar-refractivity contribution in [3.8, 4) is 0 Å². The molecular formula is C13H17NO2. The first-order chi connectivity index (χ1) is 7.75. The minimum absolute atomic E-state index is 0.0788. The average molecular weight is 219 g/mol. The standard InChI is InChI=1S/C13H17NO2/c1-10-2-4-11(5-3-10)13(15)16-12-6-8-14-9-7-12/h2-5,12,14H,6-9H2,1H3. The summed E-state index contributed by atoms with van der Waals surface area (Å²) in [5.74, 6) is -0.202. The highest BCUT2D eigenvalue weighted by Crippen LogP contribution is 2.11. The summed E-state index contributed by atoms with van der Waals surface area (Å²) < 4.78 is 5.44. The lowest BCUT2D eigenvalue weighted by Gasteiger charge is -2.22. The van der Waals surface area contributed by atoms with Gasteiger partial charge in [0.05, 0.1) is 5.56 Å². The zero-order valence-corrected chi connectivity index (χ0v) is 9.53. The van der Waals surface area contributed by atoms with Crippen LogP contribution in [0, 0.1) is 6.92 Å². The smallest absolute Gasteiger partial charge is 0.338 e. The van der Waals surface area contributed by atoms with E-state index in [1.807, 2.05) is 31.2 Å². The monoisotopic (exact) mass is 219 g/mol. The third kappa shape index (κ3) is 2.83. The fourth-order valence-electron chi connectivity index (χ4n) is 1.82. The molecule has 1 heterocycles. The summed E-state index contributed by atoms with van der Waals surface area (Å²) in [4.78, 5) is 11.8.